The predicted molar refractivity (Wildman–Crippen MR) is 112 cm³/mol. The highest BCUT2D eigenvalue weighted by Gasteiger charge is 2.17. The summed E-state index contributed by atoms with van der Waals surface area (Å²) in [6.45, 7) is 2.15. The predicted octanol–water partition coefficient (Wildman–Crippen LogP) is 7.26. The van der Waals surface area contributed by atoms with Gasteiger partial charge in [0.15, 0.2) is 0 Å². The van der Waals surface area contributed by atoms with Crippen molar-refractivity contribution in [2.75, 3.05) is 0 Å². The van der Waals surface area contributed by atoms with Crippen molar-refractivity contribution in [2.45, 2.75) is 16.8 Å². The number of rotatable bonds is 4. The molecule has 3 aromatic carbocycles. The molecule has 3 heteroatoms. The van der Waals surface area contributed by atoms with Crippen molar-refractivity contribution in [3.05, 3.63) is 102 Å². The molecule has 0 radical (unpaired) electrons. The Morgan fingerprint density at radius 1 is 0.769 bits per heavy atom. The maximum Gasteiger partial charge on any atom is 0.0924 e. The van der Waals surface area contributed by atoms with Gasteiger partial charge in [0.05, 0.1) is 5.03 Å². The van der Waals surface area contributed by atoms with Crippen molar-refractivity contribution in [3.63, 3.8) is 0 Å². The fourth-order valence-electron chi connectivity index (χ4n) is 3.05. The molecule has 128 valence electrons. The maximum atomic E-state index is 6.10. The van der Waals surface area contributed by atoms with Gasteiger partial charge in [-0.25, -0.2) is 0 Å². The fourth-order valence-corrected chi connectivity index (χ4v) is 4.32. The summed E-state index contributed by atoms with van der Waals surface area (Å²) in [5.74, 6) is 0. The van der Waals surface area contributed by atoms with Gasteiger partial charge in [0.25, 0.3) is 0 Å². The molecule has 4 rings (SSSR count). The second-order valence-electron chi connectivity index (χ2n) is 6.10. The molecule has 0 saturated heterocycles. The van der Waals surface area contributed by atoms with Crippen LogP contribution in [0.5, 0.6) is 0 Å². The lowest BCUT2D eigenvalue weighted by atomic mass is 10.1. The van der Waals surface area contributed by atoms with Crippen LogP contribution in [0.4, 0.5) is 0 Å². The molecule has 1 nitrogen and oxygen atoms in total. The first-order valence-electron chi connectivity index (χ1n) is 8.49. The average molecular weight is 376 g/mol. The van der Waals surface area contributed by atoms with Crippen molar-refractivity contribution < 1.29 is 0 Å². The third-order valence-corrected chi connectivity index (χ3v) is 5.62. The lowest BCUT2D eigenvalue weighted by molar-refractivity contribution is 0.915. The fraction of sp³-hybridized carbons (Fsp3) is 0.0435. The standard InChI is InChI=1S/C23H18ClNS/c1-17-16-22(18-8-4-2-5-9-18)23(26-21-10-6-3-7-11-21)25(17)20-14-12-19(24)13-15-20/h2-16H,1H3. The molecule has 4 aromatic rings. The summed E-state index contributed by atoms with van der Waals surface area (Å²) >= 11 is 7.88. The number of hydrogen-bond acceptors (Lipinski definition) is 1. The monoisotopic (exact) mass is 375 g/mol. The SMILES string of the molecule is Cc1cc(-c2ccccc2)c(Sc2ccccc2)n1-c1ccc(Cl)cc1. The van der Waals surface area contributed by atoms with Gasteiger partial charge in [-0.05, 0) is 55.0 Å². The van der Waals surface area contributed by atoms with Gasteiger partial charge in [0, 0.05) is 26.9 Å². The number of aromatic nitrogens is 1. The van der Waals surface area contributed by atoms with Gasteiger partial charge < -0.3 is 4.57 Å². The zero-order valence-corrected chi connectivity index (χ0v) is 16.0. The second kappa shape index (κ2) is 7.45. The maximum absolute atomic E-state index is 6.10. The minimum absolute atomic E-state index is 0.749. The molecule has 0 aliphatic heterocycles. The molecule has 1 aromatic heterocycles. The van der Waals surface area contributed by atoms with E-state index in [1.54, 1.807) is 11.8 Å². The summed E-state index contributed by atoms with van der Waals surface area (Å²) in [4.78, 5) is 1.22. The third kappa shape index (κ3) is 3.44. The van der Waals surface area contributed by atoms with Gasteiger partial charge in [-0.1, -0.05) is 71.9 Å². The number of hydrogen-bond donors (Lipinski definition) is 0. The van der Waals surface area contributed by atoms with E-state index in [1.165, 1.54) is 26.7 Å². The molecular formula is C23H18ClNS. The van der Waals surface area contributed by atoms with E-state index in [4.69, 9.17) is 11.6 Å². The van der Waals surface area contributed by atoms with Crippen LogP contribution >= 0.6 is 23.4 Å². The zero-order valence-electron chi connectivity index (χ0n) is 14.4. The normalized spacial score (nSPS) is 10.8. The second-order valence-corrected chi connectivity index (χ2v) is 7.60. The Morgan fingerprint density at radius 2 is 1.38 bits per heavy atom. The molecule has 0 bridgehead atoms. The summed E-state index contributed by atoms with van der Waals surface area (Å²) in [6.07, 6.45) is 0. The molecule has 0 N–H and O–H groups in total. The summed E-state index contributed by atoms with van der Waals surface area (Å²) in [5, 5.41) is 1.96. The van der Waals surface area contributed by atoms with Gasteiger partial charge >= 0.3 is 0 Å². The molecule has 1 heterocycles. The van der Waals surface area contributed by atoms with Crippen LogP contribution in [0, 0.1) is 6.92 Å². The molecule has 0 fully saturated rings. The van der Waals surface area contributed by atoms with E-state index in [2.05, 4.69) is 84.3 Å². The lowest BCUT2D eigenvalue weighted by Crippen LogP contribution is -1.98. The van der Waals surface area contributed by atoms with Gasteiger partial charge in [0.2, 0.25) is 0 Å². The van der Waals surface area contributed by atoms with Crippen molar-refractivity contribution in [3.8, 4) is 16.8 Å². The molecule has 0 aliphatic carbocycles. The van der Waals surface area contributed by atoms with Gasteiger partial charge in [-0.3, -0.25) is 0 Å². The molecule has 0 unspecified atom stereocenters. The molecule has 0 saturated carbocycles. The summed E-state index contributed by atoms with van der Waals surface area (Å²) in [6, 6.07) is 31.3. The van der Waals surface area contributed by atoms with Crippen molar-refractivity contribution >= 4 is 23.4 Å². The molecular weight excluding hydrogens is 358 g/mol. The Morgan fingerprint density at radius 3 is 2.04 bits per heavy atom. The first kappa shape index (κ1) is 17.0. The Balaban J connectivity index is 1.90. The topological polar surface area (TPSA) is 4.93 Å². The van der Waals surface area contributed by atoms with Crippen molar-refractivity contribution in [1.29, 1.82) is 0 Å². The zero-order chi connectivity index (χ0) is 17.9. The van der Waals surface area contributed by atoms with Crippen LogP contribution in [-0.2, 0) is 0 Å². The van der Waals surface area contributed by atoms with E-state index in [0.29, 0.717) is 0 Å². The van der Waals surface area contributed by atoms with Crippen LogP contribution in [0.1, 0.15) is 5.69 Å². The molecule has 26 heavy (non-hydrogen) atoms. The quantitative estimate of drug-likeness (QED) is 0.363. The van der Waals surface area contributed by atoms with Crippen LogP contribution < -0.4 is 0 Å². The molecule has 0 spiro atoms. The number of nitrogens with zero attached hydrogens (tertiary/aromatic N) is 1. The average Bonchev–Trinajstić information content (AvgIpc) is 3.00. The van der Waals surface area contributed by atoms with E-state index in [-0.39, 0.29) is 0 Å². The molecule has 0 atom stereocenters. The van der Waals surface area contributed by atoms with E-state index in [0.717, 1.165) is 10.7 Å². The molecule has 0 amide bonds. The summed E-state index contributed by atoms with van der Waals surface area (Å²) in [5.41, 5.74) is 4.78. The Labute approximate surface area is 163 Å². The van der Waals surface area contributed by atoms with Crippen LogP contribution in [-0.4, -0.2) is 4.57 Å². The van der Waals surface area contributed by atoms with Crippen LogP contribution in [0.2, 0.25) is 5.02 Å². The van der Waals surface area contributed by atoms with Crippen molar-refractivity contribution in [2.24, 2.45) is 0 Å². The Kier molecular flexibility index (Phi) is 4.87. The summed E-state index contributed by atoms with van der Waals surface area (Å²) in [7, 11) is 0. The highest BCUT2D eigenvalue weighted by Crippen LogP contribution is 2.40. The van der Waals surface area contributed by atoms with Crippen LogP contribution in [0.15, 0.2) is 101 Å². The van der Waals surface area contributed by atoms with E-state index >= 15 is 0 Å². The van der Waals surface area contributed by atoms with E-state index in [9.17, 15) is 0 Å². The first-order chi connectivity index (χ1) is 12.7. The van der Waals surface area contributed by atoms with Gasteiger partial charge in [-0.2, -0.15) is 0 Å². The number of halogens is 1. The highest BCUT2D eigenvalue weighted by atomic mass is 35.5. The smallest absolute Gasteiger partial charge is 0.0924 e. The highest BCUT2D eigenvalue weighted by molar-refractivity contribution is 7.99. The van der Waals surface area contributed by atoms with Gasteiger partial charge in [-0.15, -0.1) is 0 Å². The van der Waals surface area contributed by atoms with Crippen molar-refractivity contribution in [1.82, 2.24) is 4.57 Å². The van der Waals surface area contributed by atoms with Crippen LogP contribution in [0.25, 0.3) is 16.8 Å². The Hall–Kier alpha value is -2.42. The Bertz CT molecular complexity index is 1010. The molecule has 0 aliphatic rings. The largest absolute Gasteiger partial charge is 0.308 e. The van der Waals surface area contributed by atoms with E-state index < -0.39 is 0 Å². The number of aryl methyl sites for hydroxylation is 1. The lowest BCUT2D eigenvalue weighted by Gasteiger charge is -2.13. The number of benzene rings is 3. The summed E-state index contributed by atoms with van der Waals surface area (Å²) < 4.78 is 2.30. The minimum Gasteiger partial charge on any atom is -0.308 e. The van der Waals surface area contributed by atoms with Gasteiger partial charge in [0.1, 0.15) is 0 Å². The first-order valence-corrected chi connectivity index (χ1v) is 9.68. The van der Waals surface area contributed by atoms with Crippen LogP contribution in [0.3, 0.4) is 0 Å². The minimum atomic E-state index is 0.749. The van der Waals surface area contributed by atoms with E-state index in [1.807, 2.05) is 18.2 Å². The third-order valence-electron chi connectivity index (χ3n) is 4.27.